The van der Waals surface area contributed by atoms with E-state index in [4.69, 9.17) is 23.2 Å². The molecule has 3 heterocycles. The maximum absolute atomic E-state index is 12.8. The van der Waals surface area contributed by atoms with Crippen LogP contribution in [0, 0.1) is 29.6 Å². The van der Waals surface area contributed by atoms with Gasteiger partial charge in [0.15, 0.2) is 16.6 Å². The highest BCUT2D eigenvalue weighted by atomic mass is 35.5. The van der Waals surface area contributed by atoms with E-state index < -0.39 is 109 Å². The fourth-order valence-corrected chi connectivity index (χ4v) is 12.3. The highest BCUT2D eigenvalue weighted by molar-refractivity contribution is 7.87. The van der Waals surface area contributed by atoms with Gasteiger partial charge < -0.3 is 26.2 Å². The molecule has 0 saturated carbocycles. The number of rotatable bonds is 16. The first-order valence-electron chi connectivity index (χ1n) is 21.2. The summed E-state index contributed by atoms with van der Waals surface area (Å²) in [6.07, 6.45) is 0. The van der Waals surface area contributed by atoms with Gasteiger partial charge in [-0.25, -0.2) is 4.98 Å². The van der Waals surface area contributed by atoms with E-state index >= 15 is 0 Å². The fourth-order valence-electron chi connectivity index (χ4n) is 7.33. The molecule has 3 aromatic heterocycles. The smallest absolute Gasteiger partial charge is 0.321 e. The molecule has 30 nitrogen and oxygen atoms in total. The van der Waals surface area contributed by atoms with Crippen molar-refractivity contribution in [2.75, 3.05) is 16.0 Å². The van der Waals surface area contributed by atoms with Gasteiger partial charge in [-0.1, -0.05) is 46.7 Å². The van der Waals surface area contributed by atoms with Crippen LogP contribution in [-0.4, -0.2) is 95.0 Å². The number of halogens is 2. The Morgan fingerprint density at radius 1 is 0.519 bits per heavy atom. The monoisotopic (exact) mass is 1260 g/mol. The summed E-state index contributed by atoms with van der Waals surface area (Å²) in [5.41, 5.74) is -1.48. The molecule has 81 heavy (non-hydrogen) atoms. The van der Waals surface area contributed by atoms with E-state index in [-0.39, 0.29) is 83.2 Å². The average molecular weight is 1260 g/mol. The summed E-state index contributed by atoms with van der Waals surface area (Å²) in [5, 5.41) is 63.0. The van der Waals surface area contributed by atoms with E-state index in [0.717, 1.165) is 30.3 Å². The number of nitrogens with zero attached hydrogens (tertiary/aromatic N) is 10. The van der Waals surface area contributed by atoms with Crippen LogP contribution in [0.15, 0.2) is 130 Å². The molecule has 8 aromatic rings. The second-order valence-electron chi connectivity index (χ2n) is 16.1. The van der Waals surface area contributed by atoms with Crippen molar-refractivity contribution in [3.8, 4) is 35.3 Å². The molecule has 0 aliphatic carbocycles. The number of nitriles is 2. The second kappa shape index (κ2) is 21.9. The van der Waals surface area contributed by atoms with Gasteiger partial charge in [0.25, 0.3) is 50.6 Å². The summed E-state index contributed by atoms with van der Waals surface area (Å²) in [6, 6.07) is 16.6. The third kappa shape index (κ3) is 12.9. The number of benzene rings is 5. The van der Waals surface area contributed by atoms with Gasteiger partial charge in [-0.2, -0.15) is 62.6 Å². The molecule has 0 spiro atoms. The Morgan fingerprint density at radius 3 is 1.53 bits per heavy atom. The summed E-state index contributed by atoms with van der Waals surface area (Å²) in [5.74, 6) is -0.960. The predicted octanol–water partition coefficient (Wildman–Crippen LogP) is 9.21. The number of hydrogen-bond acceptors (Lipinski definition) is 26. The highest BCUT2D eigenvalue weighted by Crippen LogP contribution is 2.49. The van der Waals surface area contributed by atoms with Crippen LogP contribution in [0.5, 0.6) is 12.0 Å². The lowest BCUT2D eigenvalue weighted by Crippen LogP contribution is -2.07. The molecule has 0 amide bonds. The Hall–Kier alpha value is -8.47. The van der Waals surface area contributed by atoms with Crippen LogP contribution in [0.1, 0.15) is 16.7 Å². The Bertz CT molecular complexity index is 4730. The highest BCUT2D eigenvalue weighted by Gasteiger charge is 2.28. The maximum atomic E-state index is 12.8. The summed E-state index contributed by atoms with van der Waals surface area (Å²) in [6.45, 7) is 1.35. The normalized spacial score (nSPS) is 12.4. The van der Waals surface area contributed by atoms with Crippen molar-refractivity contribution in [3.63, 3.8) is 0 Å². The van der Waals surface area contributed by atoms with Gasteiger partial charge in [0.05, 0.1) is 26.2 Å². The average Bonchev–Trinajstić information content (AvgIpc) is 3.71. The van der Waals surface area contributed by atoms with Crippen molar-refractivity contribution in [1.29, 1.82) is 10.5 Å². The molecule has 38 heteroatoms. The summed E-state index contributed by atoms with van der Waals surface area (Å²) in [7, 11) is -26.0. The van der Waals surface area contributed by atoms with Crippen LogP contribution in [-0.2, 0) is 50.6 Å². The Balaban J connectivity index is 1.33. The van der Waals surface area contributed by atoms with E-state index in [2.05, 4.69) is 56.3 Å². The first-order chi connectivity index (χ1) is 37.7. The second-order valence-corrected chi connectivity index (χ2v) is 24.9. The van der Waals surface area contributed by atoms with Gasteiger partial charge in [-0.05, 0) is 85.3 Å². The Morgan fingerprint density at radius 2 is 1.01 bits per heavy atom. The van der Waals surface area contributed by atoms with E-state index in [1.165, 1.54) is 43.3 Å². The molecule has 0 atom stereocenters. The van der Waals surface area contributed by atoms with E-state index in [1.807, 2.05) is 12.1 Å². The van der Waals surface area contributed by atoms with Crippen LogP contribution >= 0.6 is 34.5 Å². The number of fused-ring (bicyclic) bond motifs is 1. The largest absolute Gasteiger partial charge is 0.479 e. The lowest BCUT2D eigenvalue weighted by Gasteiger charge is -2.16. The molecule has 0 unspecified atom stereocenters. The molecule has 0 saturated heterocycles. The first kappa shape index (κ1) is 58.7. The lowest BCUT2D eigenvalue weighted by molar-refractivity contribution is 0.384. The zero-order valence-electron chi connectivity index (χ0n) is 39.5. The summed E-state index contributed by atoms with van der Waals surface area (Å²) in [4.78, 5) is 9.91. The molecule has 0 radical (unpaired) electrons. The molecular formula is C43H27Cl2N13O17S6. The minimum atomic E-state index is -5.45. The topological polar surface area (TPSA) is 497 Å². The van der Waals surface area contributed by atoms with E-state index in [9.17, 15) is 85.6 Å². The number of pyridine rings is 1. The van der Waals surface area contributed by atoms with Crippen molar-refractivity contribution >= 4 is 152 Å². The molecule has 416 valence electrons. The van der Waals surface area contributed by atoms with Gasteiger partial charge in [-0.3, -0.25) is 22.8 Å². The summed E-state index contributed by atoms with van der Waals surface area (Å²) >= 11 is 12.6. The van der Waals surface area contributed by atoms with Crippen molar-refractivity contribution < 1.29 is 75.1 Å². The number of aromatic hydroxyl groups is 2. The number of aromatic nitrogens is 4. The van der Waals surface area contributed by atoms with Crippen LogP contribution in [0.25, 0.3) is 21.9 Å². The standard InChI is InChI=1S/C43H27Cl2N13O17S6/c1-18-27(16-46)37(48-21-6-8-29(44)33(11-21)80(70,71)72)51-38(49-22-7-9-30(45)34(12-22)81(73,74)75)36(18)56-57-39-28(17-47)35(19-2-4-20(5-3-19)50-41-52-42(59)54-43(60)53-41)40(76-39)58-55-23-10-25-26(31(13-23)78(64,65)66)14-24(77(61,62)63)15-32(25)79(67,68)69/h2-15H,1H3,(H2,48,49,51)(H,61,62,63)(H,64,65,66)(H,67,68,69)(H,70,71,72)(H,73,74,75)(H3,50,52,53,54,59,60). The predicted molar refractivity (Wildman–Crippen MR) is 285 cm³/mol. The third-order valence-corrected chi connectivity index (χ3v) is 17.0. The Labute approximate surface area is 469 Å². The quantitative estimate of drug-likeness (QED) is 0.0318. The van der Waals surface area contributed by atoms with E-state index in [1.54, 1.807) is 0 Å². The number of nitrogens with one attached hydrogen (secondary N) is 3. The van der Waals surface area contributed by atoms with Gasteiger partial charge in [-0.15, -0.1) is 25.4 Å². The van der Waals surface area contributed by atoms with Crippen LogP contribution in [0.4, 0.5) is 56.0 Å². The first-order valence-corrected chi connectivity index (χ1v) is 30.0. The molecule has 10 N–H and O–H groups in total. The summed E-state index contributed by atoms with van der Waals surface area (Å²) < 4.78 is 173. The van der Waals surface area contributed by atoms with Crippen molar-refractivity contribution in [2.45, 2.75) is 31.4 Å². The van der Waals surface area contributed by atoms with Gasteiger partial charge in [0.1, 0.15) is 48.0 Å². The maximum Gasteiger partial charge on any atom is 0.321 e. The molecule has 5 aromatic carbocycles. The SMILES string of the molecule is Cc1c(C#N)c(Nc2ccc(Cl)c(S(=O)(=O)O)c2)nc(Nc2ccc(Cl)c(S(=O)(=O)O)c2)c1N=Nc1sc(N=Nc2cc(S(=O)(=O)O)c3cc(S(=O)(=O)O)cc(S(=O)(=O)O)c3c2)c(-c2ccc(Nc3nc(O)nc(O)n3)cc2)c1C#N. The van der Waals surface area contributed by atoms with Crippen molar-refractivity contribution in [3.05, 3.63) is 112 Å². The molecule has 0 bridgehead atoms. The minimum Gasteiger partial charge on any atom is -0.479 e. The van der Waals surface area contributed by atoms with Crippen LogP contribution < -0.4 is 16.0 Å². The van der Waals surface area contributed by atoms with Crippen LogP contribution in [0.2, 0.25) is 10.0 Å². The van der Waals surface area contributed by atoms with Crippen molar-refractivity contribution in [2.24, 2.45) is 20.5 Å². The molecule has 0 aliphatic heterocycles. The van der Waals surface area contributed by atoms with Gasteiger partial charge >= 0.3 is 12.0 Å². The zero-order chi connectivity index (χ0) is 59.3. The van der Waals surface area contributed by atoms with Crippen LogP contribution in [0.3, 0.4) is 0 Å². The minimum absolute atomic E-state index is 0.0498. The van der Waals surface area contributed by atoms with Gasteiger partial charge in [0, 0.05) is 39.0 Å². The van der Waals surface area contributed by atoms with Gasteiger partial charge in [0.2, 0.25) is 5.95 Å². The number of azo groups is 2. The number of thiophene rings is 1. The molecular weight excluding hydrogens is 1230 g/mol. The fraction of sp³-hybridized carbons (Fsp3) is 0.0233. The number of hydrogen-bond donors (Lipinski definition) is 10. The lowest BCUT2D eigenvalue weighted by atomic mass is 10.0. The Kier molecular flexibility index (Phi) is 15.8. The third-order valence-electron chi connectivity index (χ3n) is 10.8. The zero-order valence-corrected chi connectivity index (χ0v) is 45.9. The van der Waals surface area contributed by atoms with Crippen molar-refractivity contribution in [1.82, 2.24) is 19.9 Å². The number of anilines is 6. The molecule has 8 rings (SSSR count). The van der Waals surface area contributed by atoms with E-state index in [0.29, 0.717) is 29.5 Å². The molecule has 0 fully saturated rings. The molecule has 0 aliphatic rings.